The summed E-state index contributed by atoms with van der Waals surface area (Å²) in [6, 6.07) is 4.00. The van der Waals surface area contributed by atoms with E-state index >= 15 is 0 Å². The van der Waals surface area contributed by atoms with Gasteiger partial charge in [0.05, 0.1) is 11.4 Å². The topological polar surface area (TPSA) is 129 Å². The number of aliphatic carboxylic acids is 1. The second-order valence-corrected chi connectivity index (χ2v) is 6.15. The van der Waals surface area contributed by atoms with Gasteiger partial charge >= 0.3 is 5.97 Å². The zero-order valence-electron chi connectivity index (χ0n) is 14.1. The van der Waals surface area contributed by atoms with Gasteiger partial charge in [-0.3, -0.25) is 4.79 Å². The zero-order chi connectivity index (χ0) is 20.3. The van der Waals surface area contributed by atoms with Crippen LogP contribution in [0.1, 0.15) is 12.2 Å². The Morgan fingerprint density at radius 3 is 2.79 bits per heavy atom. The largest absolute Gasteiger partial charge is 0.481 e. The molecule has 0 amide bonds. The van der Waals surface area contributed by atoms with E-state index in [0.717, 1.165) is 16.9 Å². The molecule has 0 bridgehead atoms. The Kier molecular flexibility index (Phi) is 5.76. The van der Waals surface area contributed by atoms with Crippen LogP contribution < -0.4 is 10.5 Å². The van der Waals surface area contributed by atoms with Crippen molar-refractivity contribution in [1.82, 2.24) is 25.2 Å². The van der Waals surface area contributed by atoms with E-state index in [-0.39, 0.29) is 41.0 Å². The molecule has 0 spiro atoms. The van der Waals surface area contributed by atoms with Crippen molar-refractivity contribution < 1.29 is 23.4 Å². The molecular weight excluding hydrogens is 398 g/mol. The molecule has 3 N–H and O–H groups in total. The maximum atomic E-state index is 14.4. The average Bonchev–Trinajstić information content (AvgIpc) is 3.04. The number of carboxylic acids is 1. The Labute approximate surface area is 161 Å². The van der Waals surface area contributed by atoms with E-state index in [1.54, 1.807) is 0 Å². The Bertz CT molecular complexity index is 1020. The summed E-state index contributed by atoms with van der Waals surface area (Å²) in [5.74, 6) is -2.79. The first-order valence-corrected chi connectivity index (χ1v) is 8.24. The number of rotatable bonds is 7. The second kappa shape index (κ2) is 8.23. The Morgan fingerprint density at radius 2 is 2.11 bits per heavy atom. The van der Waals surface area contributed by atoms with Gasteiger partial charge in [-0.05, 0) is 23.4 Å². The number of carbonyl (C=O) groups is 1. The van der Waals surface area contributed by atoms with Gasteiger partial charge in [0.25, 0.3) is 5.88 Å². The fourth-order valence-corrected chi connectivity index (χ4v) is 2.40. The molecule has 2 aromatic heterocycles. The number of aromatic nitrogens is 5. The summed E-state index contributed by atoms with van der Waals surface area (Å²) in [7, 11) is 0. The van der Waals surface area contributed by atoms with Gasteiger partial charge < -0.3 is 15.6 Å². The number of nitrogens with two attached hydrogens (primary N) is 1. The van der Waals surface area contributed by atoms with Crippen molar-refractivity contribution in [3.05, 3.63) is 52.9 Å². The molecule has 1 atom stereocenters. The Morgan fingerprint density at radius 1 is 1.32 bits per heavy atom. The zero-order valence-corrected chi connectivity index (χ0v) is 14.8. The number of tetrazole rings is 1. The van der Waals surface area contributed by atoms with Crippen molar-refractivity contribution in [3.8, 4) is 17.3 Å². The number of pyridine rings is 1. The highest BCUT2D eigenvalue weighted by Crippen LogP contribution is 2.26. The lowest BCUT2D eigenvalue weighted by atomic mass is 10.1. The first kappa shape index (κ1) is 19.6. The van der Waals surface area contributed by atoms with Crippen LogP contribution >= 0.6 is 11.6 Å². The number of ether oxygens (including phenoxy) is 1. The van der Waals surface area contributed by atoms with Crippen molar-refractivity contribution in [2.24, 2.45) is 5.73 Å². The highest BCUT2D eigenvalue weighted by molar-refractivity contribution is 6.30. The number of hydrogen-bond donors (Lipinski definition) is 2. The van der Waals surface area contributed by atoms with Gasteiger partial charge in [0.15, 0.2) is 17.5 Å². The highest BCUT2D eigenvalue weighted by atomic mass is 35.5. The molecule has 1 aromatic carbocycles. The molecule has 9 nitrogen and oxygen atoms in total. The normalized spacial score (nSPS) is 12.0. The minimum Gasteiger partial charge on any atom is -0.481 e. The first-order valence-electron chi connectivity index (χ1n) is 7.87. The van der Waals surface area contributed by atoms with Crippen molar-refractivity contribution in [2.75, 3.05) is 0 Å². The minimum atomic E-state index is -1.05. The van der Waals surface area contributed by atoms with Crippen LogP contribution in [0.15, 0.2) is 30.5 Å². The van der Waals surface area contributed by atoms with Gasteiger partial charge in [-0.15, -0.1) is 15.0 Å². The van der Waals surface area contributed by atoms with Gasteiger partial charge in [0.1, 0.15) is 11.4 Å². The van der Waals surface area contributed by atoms with Crippen LogP contribution in [0.4, 0.5) is 8.78 Å². The summed E-state index contributed by atoms with van der Waals surface area (Å²) in [6.07, 6.45) is 1.00. The quantitative estimate of drug-likeness (QED) is 0.606. The van der Waals surface area contributed by atoms with Crippen LogP contribution in [0, 0.1) is 11.6 Å². The molecule has 0 aliphatic rings. The summed E-state index contributed by atoms with van der Waals surface area (Å²) >= 11 is 5.61. The van der Waals surface area contributed by atoms with Gasteiger partial charge in [-0.1, -0.05) is 11.6 Å². The fourth-order valence-electron chi connectivity index (χ4n) is 2.26. The molecule has 0 saturated carbocycles. The molecular formula is C16H13ClF2N6O3. The average molecular weight is 411 g/mol. The van der Waals surface area contributed by atoms with E-state index in [2.05, 4.69) is 20.4 Å². The Balaban J connectivity index is 1.75. The molecule has 12 heteroatoms. The standard InChI is InChI=1S/C16H13ClF2N6O3/c17-8-3-12(19)16(21-7-8)28-10-1-2-13(11(18)6-10)25-23-14(22-24-25)4-9(20)5-15(26)27/h1-3,6-7,9H,4-5,20H2,(H,26,27)/t9-/m0/s1. The lowest BCUT2D eigenvalue weighted by molar-refractivity contribution is -0.137. The second-order valence-electron chi connectivity index (χ2n) is 5.71. The van der Waals surface area contributed by atoms with E-state index in [1.807, 2.05) is 0 Å². The molecule has 0 saturated heterocycles. The Hall–Kier alpha value is -3.18. The van der Waals surface area contributed by atoms with Crippen molar-refractivity contribution in [2.45, 2.75) is 18.9 Å². The molecule has 0 aliphatic carbocycles. The van der Waals surface area contributed by atoms with Gasteiger partial charge in [0.2, 0.25) is 0 Å². The molecule has 0 radical (unpaired) electrons. The van der Waals surface area contributed by atoms with Crippen molar-refractivity contribution in [3.63, 3.8) is 0 Å². The molecule has 3 rings (SSSR count). The predicted octanol–water partition coefficient (Wildman–Crippen LogP) is 2.13. The van der Waals surface area contributed by atoms with E-state index in [9.17, 15) is 13.6 Å². The monoisotopic (exact) mass is 410 g/mol. The van der Waals surface area contributed by atoms with Gasteiger partial charge in [0, 0.05) is 24.7 Å². The van der Waals surface area contributed by atoms with E-state index < -0.39 is 23.6 Å². The molecule has 0 unspecified atom stereocenters. The van der Waals surface area contributed by atoms with Crippen LogP contribution in [0.2, 0.25) is 5.02 Å². The van der Waals surface area contributed by atoms with E-state index in [0.29, 0.717) is 0 Å². The summed E-state index contributed by atoms with van der Waals surface area (Å²) in [5.41, 5.74) is 5.63. The molecule has 2 heterocycles. The third-order valence-corrected chi connectivity index (χ3v) is 3.67. The number of carboxylic acid groups (broad SMARTS) is 1. The number of benzene rings is 1. The smallest absolute Gasteiger partial charge is 0.304 e. The molecule has 0 aliphatic heterocycles. The maximum absolute atomic E-state index is 14.4. The van der Waals surface area contributed by atoms with Crippen molar-refractivity contribution in [1.29, 1.82) is 0 Å². The van der Waals surface area contributed by atoms with Crippen LogP contribution in [-0.2, 0) is 11.2 Å². The minimum absolute atomic E-state index is 0.00112. The summed E-state index contributed by atoms with van der Waals surface area (Å²) in [6.45, 7) is 0. The summed E-state index contributed by atoms with van der Waals surface area (Å²) in [5, 5.41) is 20.2. The lowest BCUT2D eigenvalue weighted by Gasteiger charge is -2.07. The number of nitrogens with zero attached hydrogens (tertiary/aromatic N) is 5. The number of halogens is 3. The number of hydrogen-bond acceptors (Lipinski definition) is 7. The molecule has 0 fully saturated rings. The molecule has 146 valence electrons. The maximum Gasteiger partial charge on any atom is 0.304 e. The molecule has 28 heavy (non-hydrogen) atoms. The summed E-state index contributed by atoms with van der Waals surface area (Å²) < 4.78 is 33.3. The lowest BCUT2D eigenvalue weighted by Crippen LogP contribution is -2.26. The fraction of sp³-hybridized carbons (Fsp3) is 0.188. The molecule has 3 aromatic rings. The predicted molar refractivity (Wildman–Crippen MR) is 92.3 cm³/mol. The van der Waals surface area contributed by atoms with Gasteiger partial charge in [-0.2, -0.15) is 0 Å². The van der Waals surface area contributed by atoms with E-state index in [4.69, 9.17) is 27.2 Å². The van der Waals surface area contributed by atoms with Gasteiger partial charge in [-0.25, -0.2) is 13.8 Å². The third-order valence-electron chi connectivity index (χ3n) is 3.46. The van der Waals surface area contributed by atoms with Crippen LogP contribution in [0.25, 0.3) is 5.69 Å². The van der Waals surface area contributed by atoms with Crippen molar-refractivity contribution >= 4 is 17.6 Å². The SMILES string of the molecule is N[C@H](CC(=O)O)Cc1nnn(-c2ccc(Oc3ncc(Cl)cc3F)cc2F)n1. The van der Waals surface area contributed by atoms with Crippen LogP contribution in [0.3, 0.4) is 0 Å². The van der Waals surface area contributed by atoms with Crippen LogP contribution in [-0.4, -0.2) is 42.3 Å². The van der Waals surface area contributed by atoms with E-state index in [1.165, 1.54) is 18.3 Å². The van der Waals surface area contributed by atoms with Crippen LogP contribution in [0.5, 0.6) is 11.6 Å². The first-order chi connectivity index (χ1) is 13.3. The third kappa shape index (κ3) is 4.75. The highest BCUT2D eigenvalue weighted by Gasteiger charge is 2.16. The summed E-state index contributed by atoms with van der Waals surface area (Å²) in [4.78, 5) is 15.3.